The molecule has 1 N–H and O–H groups in total. The summed E-state index contributed by atoms with van der Waals surface area (Å²) in [7, 11) is 4.21. The van der Waals surface area contributed by atoms with Crippen LogP contribution in [-0.4, -0.2) is 40.5 Å². The quantitative estimate of drug-likeness (QED) is 0.597. The summed E-state index contributed by atoms with van der Waals surface area (Å²) in [5.74, 6) is 0.00525. The number of rotatable bonds is 3. The average Bonchev–Trinajstić information content (AvgIpc) is 3.11. The van der Waals surface area contributed by atoms with Crippen LogP contribution in [0.2, 0.25) is 5.02 Å². The molecule has 30 heavy (non-hydrogen) atoms. The number of hydrogen-bond acceptors (Lipinski definition) is 2. The number of aromatic nitrogens is 1. The summed E-state index contributed by atoms with van der Waals surface area (Å²) in [6.07, 6.45) is 4.55. The van der Waals surface area contributed by atoms with Gasteiger partial charge in [0.15, 0.2) is 0 Å². The van der Waals surface area contributed by atoms with Gasteiger partial charge in [-0.05, 0) is 44.4 Å². The lowest BCUT2D eigenvalue weighted by molar-refractivity contribution is 0.0884. The normalized spacial score (nSPS) is 23.4. The number of amides is 1. The van der Waals surface area contributed by atoms with Crippen molar-refractivity contribution in [1.82, 2.24) is 14.8 Å². The van der Waals surface area contributed by atoms with Crippen LogP contribution in [0.4, 0.5) is 0 Å². The van der Waals surface area contributed by atoms with Crippen LogP contribution in [0.1, 0.15) is 36.0 Å². The van der Waals surface area contributed by atoms with Gasteiger partial charge in [-0.2, -0.15) is 0 Å². The highest BCUT2D eigenvalue weighted by Gasteiger charge is 2.39. The molecule has 2 aromatic carbocycles. The molecule has 0 unspecified atom stereocenters. The van der Waals surface area contributed by atoms with Crippen LogP contribution in [0.3, 0.4) is 0 Å². The smallest absolute Gasteiger partial charge is 0.254 e. The fourth-order valence-corrected chi connectivity index (χ4v) is 5.72. The van der Waals surface area contributed by atoms with E-state index in [9.17, 15) is 4.79 Å². The Morgan fingerprint density at radius 2 is 1.67 bits per heavy atom. The second kappa shape index (κ2) is 8.26. The van der Waals surface area contributed by atoms with Crippen LogP contribution in [0.5, 0.6) is 0 Å². The van der Waals surface area contributed by atoms with Crippen molar-refractivity contribution >= 4 is 40.8 Å². The first-order valence-corrected chi connectivity index (χ1v) is 10.8. The predicted molar refractivity (Wildman–Crippen MR) is 126 cm³/mol. The maximum Gasteiger partial charge on any atom is 0.254 e. The molecule has 5 rings (SSSR count). The molecule has 2 aliphatic rings. The van der Waals surface area contributed by atoms with Crippen molar-refractivity contribution in [2.24, 2.45) is 7.05 Å². The number of aryl methyl sites for hydroxylation is 1. The molecular weight excluding hydrogens is 417 g/mol. The van der Waals surface area contributed by atoms with Crippen LogP contribution in [0.25, 0.3) is 22.2 Å². The minimum atomic E-state index is 0. The van der Waals surface area contributed by atoms with E-state index in [4.69, 9.17) is 11.6 Å². The van der Waals surface area contributed by atoms with E-state index in [1.807, 2.05) is 43.4 Å². The Bertz CT molecular complexity index is 1060. The summed E-state index contributed by atoms with van der Waals surface area (Å²) in [6.45, 7) is 0. The first-order valence-electron chi connectivity index (χ1n) is 10.4. The highest BCUT2D eigenvalue weighted by atomic mass is 35.5. The summed E-state index contributed by atoms with van der Waals surface area (Å²) in [4.78, 5) is 16.1. The van der Waals surface area contributed by atoms with Gasteiger partial charge in [-0.1, -0.05) is 54.1 Å². The van der Waals surface area contributed by atoms with E-state index in [2.05, 4.69) is 34.0 Å². The molecule has 3 atom stereocenters. The largest absolute Gasteiger partial charge is 0.349 e. The zero-order valence-electron chi connectivity index (χ0n) is 17.3. The molecule has 158 valence electrons. The molecule has 3 heterocycles. The number of carbonyl (C=O) groups excluding carboxylic acids is 1. The van der Waals surface area contributed by atoms with Crippen molar-refractivity contribution < 1.29 is 4.79 Å². The molecule has 2 saturated heterocycles. The van der Waals surface area contributed by atoms with Gasteiger partial charge in [0.05, 0.1) is 21.8 Å². The van der Waals surface area contributed by atoms with Crippen LogP contribution in [0.15, 0.2) is 48.5 Å². The van der Waals surface area contributed by atoms with Crippen molar-refractivity contribution in [3.63, 3.8) is 0 Å². The third-order valence-electron chi connectivity index (χ3n) is 6.87. The van der Waals surface area contributed by atoms with Crippen molar-refractivity contribution in [2.75, 3.05) is 7.05 Å². The van der Waals surface area contributed by atoms with E-state index in [0.29, 0.717) is 17.1 Å². The number of carbonyl (C=O) groups is 1. The van der Waals surface area contributed by atoms with Crippen LogP contribution in [0, 0.1) is 0 Å². The van der Waals surface area contributed by atoms with Gasteiger partial charge in [-0.15, -0.1) is 12.4 Å². The molecule has 3 aromatic rings. The van der Waals surface area contributed by atoms with Gasteiger partial charge in [0.25, 0.3) is 5.91 Å². The van der Waals surface area contributed by atoms with Gasteiger partial charge in [0.2, 0.25) is 0 Å². The van der Waals surface area contributed by atoms with Gasteiger partial charge < -0.3 is 14.8 Å². The van der Waals surface area contributed by atoms with E-state index in [1.165, 1.54) is 12.8 Å². The van der Waals surface area contributed by atoms with Gasteiger partial charge in [0.1, 0.15) is 0 Å². The third-order valence-corrected chi connectivity index (χ3v) is 7.18. The summed E-state index contributed by atoms with van der Waals surface area (Å²) in [6, 6.07) is 17.3. The minimum absolute atomic E-state index is 0. The van der Waals surface area contributed by atoms with Crippen molar-refractivity contribution in [2.45, 2.75) is 43.8 Å². The molecular formula is C24H27Cl2N3O. The Kier molecular flexibility index (Phi) is 5.84. The number of para-hydroxylation sites is 1. The Morgan fingerprint density at radius 3 is 2.33 bits per heavy atom. The number of hydrogen-bond donors (Lipinski definition) is 1. The Hall–Kier alpha value is -2.01. The lowest BCUT2D eigenvalue weighted by atomic mass is 9.97. The predicted octanol–water partition coefficient (Wildman–Crippen LogP) is 5.28. The first kappa shape index (κ1) is 21.2. The first-order chi connectivity index (χ1) is 14.0. The van der Waals surface area contributed by atoms with Crippen molar-refractivity contribution in [3.05, 3.63) is 59.1 Å². The van der Waals surface area contributed by atoms with E-state index < -0.39 is 0 Å². The summed E-state index contributed by atoms with van der Waals surface area (Å²) < 4.78 is 2.06. The number of nitrogens with one attached hydrogen (secondary N) is 1. The molecule has 2 bridgehead atoms. The second-order valence-electron chi connectivity index (χ2n) is 8.48. The van der Waals surface area contributed by atoms with Gasteiger partial charge >= 0.3 is 0 Å². The highest BCUT2D eigenvalue weighted by Crippen LogP contribution is 2.38. The maximum absolute atomic E-state index is 13.6. The molecule has 1 aromatic heterocycles. The molecule has 0 radical (unpaired) electrons. The lowest BCUT2D eigenvalue weighted by Gasteiger charge is -2.36. The van der Waals surface area contributed by atoms with Gasteiger partial charge in [0, 0.05) is 30.6 Å². The van der Waals surface area contributed by atoms with E-state index in [1.54, 1.807) is 0 Å². The van der Waals surface area contributed by atoms with Crippen LogP contribution >= 0.6 is 24.0 Å². The van der Waals surface area contributed by atoms with E-state index in [0.717, 1.165) is 40.6 Å². The molecule has 2 aliphatic heterocycles. The second-order valence-corrected chi connectivity index (χ2v) is 8.88. The van der Waals surface area contributed by atoms with E-state index in [-0.39, 0.29) is 24.4 Å². The monoisotopic (exact) mass is 443 g/mol. The topological polar surface area (TPSA) is 37.3 Å². The zero-order valence-corrected chi connectivity index (χ0v) is 18.8. The molecule has 0 aliphatic carbocycles. The third kappa shape index (κ3) is 3.41. The summed E-state index contributed by atoms with van der Waals surface area (Å²) in [5, 5.41) is 4.94. The van der Waals surface area contributed by atoms with Gasteiger partial charge in [-0.25, -0.2) is 0 Å². The van der Waals surface area contributed by atoms with Crippen LogP contribution in [-0.2, 0) is 7.05 Å². The number of benzene rings is 2. The molecule has 1 amide bonds. The Balaban J connectivity index is 0.00000218. The zero-order chi connectivity index (χ0) is 20.1. The fraction of sp³-hybridized carbons (Fsp3) is 0.375. The molecule has 6 heteroatoms. The van der Waals surface area contributed by atoms with Crippen LogP contribution < -0.4 is 5.32 Å². The summed E-state index contributed by atoms with van der Waals surface area (Å²) >= 11 is 6.54. The molecule has 0 spiro atoms. The standard InChI is InChI=1S/C24H26ClN3O.ClH/c1-27-17-11-12-18(27)14-16(13-17)26-24(29)21-19-9-6-10-20(25)23(19)28(2)22(21)15-7-4-3-5-8-15;/h3-10,16-18H,11-14H2,1-2H3,(H,26,29);1H/t16-,17+,18-;. The minimum Gasteiger partial charge on any atom is -0.349 e. The Morgan fingerprint density at radius 1 is 1.00 bits per heavy atom. The number of halogens is 2. The average molecular weight is 444 g/mol. The van der Waals surface area contributed by atoms with Gasteiger partial charge in [-0.3, -0.25) is 4.79 Å². The molecule has 2 fully saturated rings. The SMILES string of the molecule is CN1[C@@H]2CC[C@H]1C[C@@H](NC(=O)c1c(-c3ccccc3)n(C)c3c(Cl)cccc13)C2.Cl. The number of fused-ring (bicyclic) bond motifs is 3. The number of nitrogens with zero attached hydrogens (tertiary/aromatic N) is 2. The molecule has 4 nitrogen and oxygen atoms in total. The van der Waals surface area contributed by atoms with Crippen molar-refractivity contribution in [1.29, 1.82) is 0 Å². The maximum atomic E-state index is 13.6. The number of piperidine rings is 1. The van der Waals surface area contributed by atoms with E-state index >= 15 is 0 Å². The summed E-state index contributed by atoms with van der Waals surface area (Å²) in [5.41, 5.74) is 3.57. The lowest BCUT2D eigenvalue weighted by Crippen LogP contribution is -2.48. The van der Waals surface area contributed by atoms with Crippen molar-refractivity contribution in [3.8, 4) is 11.3 Å². The highest BCUT2D eigenvalue weighted by molar-refractivity contribution is 6.36. The molecule has 0 saturated carbocycles. The Labute approximate surface area is 188 Å². The fourth-order valence-electron chi connectivity index (χ4n) is 5.42.